The molecule has 2 rings (SSSR count). The van der Waals surface area contributed by atoms with Gasteiger partial charge in [-0.3, -0.25) is 4.79 Å². The van der Waals surface area contributed by atoms with E-state index in [2.05, 4.69) is 0 Å². The lowest BCUT2D eigenvalue weighted by atomic mass is 10.1. The molecule has 1 saturated heterocycles. The maximum atomic E-state index is 12.1. The summed E-state index contributed by atoms with van der Waals surface area (Å²) in [4.78, 5) is 13.9. The van der Waals surface area contributed by atoms with Gasteiger partial charge in [0.15, 0.2) is 0 Å². The summed E-state index contributed by atoms with van der Waals surface area (Å²) in [6, 6.07) is 7.49. The fourth-order valence-electron chi connectivity index (χ4n) is 2.17. The van der Waals surface area contributed by atoms with E-state index < -0.39 is 0 Å². The molecular formula is C13H17ClN2O. The van der Waals surface area contributed by atoms with Crippen LogP contribution in [0.25, 0.3) is 0 Å². The second kappa shape index (κ2) is 5.52. The van der Waals surface area contributed by atoms with E-state index in [9.17, 15) is 4.79 Å². The van der Waals surface area contributed by atoms with Gasteiger partial charge in [-0.15, -0.1) is 0 Å². The number of rotatable bonds is 3. The number of hydrogen-bond donors (Lipinski definition) is 1. The zero-order valence-electron chi connectivity index (χ0n) is 9.73. The van der Waals surface area contributed by atoms with Crippen LogP contribution in [0.1, 0.15) is 12.0 Å². The van der Waals surface area contributed by atoms with Gasteiger partial charge in [0.1, 0.15) is 0 Å². The van der Waals surface area contributed by atoms with E-state index in [1.807, 2.05) is 29.2 Å². The molecule has 1 atom stereocenters. The van der Waals surface area contributed by atoms with Crippen LogP contribution in [0.2, 0.25) is 5.02 Å². The highest BCUT2D eigenvalue weighted by atomic mass is 35.5. The van der Waals surface area contributed by atoms with E-state index in [1.54, 1.807) is 0 Å². The Kier molecular flexibility index (Phi) is 4.02. The van der Waals surface area contributed by atoms with Crippen molar-refractivity contribution in [1.82, 2.24) is 4.90 Å². The zero-order chi connectivity index (χ0) is 12.3. The molecule has 0 bridgehead atoms. The fourth-order valence-corrected chi connectivity index (χ4v) is 2.37. The molecule has 3 nitrogen and oxygen atoms in total. The standard InChI is InChI=1S/C13H17ClN2O/c14-12-4-2-1-3-11(12)7-13(17)16-6-5-10(8-15)9-16/h1-4,10H,5-9,15H2/t10-/m0/s1. The fraction of sp³-hybridized carbons (Fsp3) is 0.462. The number of hydrogen-bond acceptors (Lipinski definition) is 2. The van der Waals surface area contributed by atoms with E-state index >= 15 is 0 Å². The number of nitrogens with two attached hydrogens (primary N) is 1. The van der Waals surface area contributed by atoms with Crippen molar-refractivity contribution >= 4 is 17.5 Å². The molecule has 0 saturated carbocycles. The number of carbonyl (C=O) groups is 1. The van der Waals surface area contributed by atoms with E-state index in [4.69, 9.17) is 17.3 Å². The quantitative estimate of drug-likeness (QED) is 0.890. The third-order valence-corrected chi connectivity index (χ3v) is 3.64. The highest BCUT2D eigenvalue weighted by Crippen LogP contribution is 2.19. The highest BCUT2D eigenvalue weighted by molar-refractivity contribution is 6.31. The summed E-state index contributed by atoms with van der Waals surface area (Å²) in [6.45, 7) is 2.28. The normalized spacial score (nSPS) is 19.6. The molecule has 1 aliphatic heterocycles. The number of amides is 1. The maximum absolute atomic E-state index is 12.1. The van der Waals surface area contributed by atoms with E-state index in [1.165, 1.54) is 0 Å². The van der Waals surface area contributed by atoms with Crippen molar-refractivity contribution < 1.29 is 4.79 Å². The Morgan fingerprint density at radius 3 is 2.88 bits per heavy atom. The largest absolute Gasteiger partial charge is 0.342 e. The van der Waals surface area contributed by atoms with Gasteiger partial charge in [0.2, 0.25) is 5.91 Å². The average molecular weight is 253 g/mol. The molecule has 4 heteroatoms. The number of carbonyl (C=O) groups excluding carboxylic acids is 1. The summed E-state index contributed by atoms with van der Waals surface area (Å²) in [5.41, 5.74) is 6.51. The predicted molar refractivity (Wildman–Crippen MR) is 68.9 cm³/mol. The van der Waals surface area contributed by atoms with Crippen molar-refractivity contribution in [1.29, 1.82) is 0 Å². The Bertz CT molecular complexity index is 408. The minimum atomic E-state index is 0.147. The first kappa shape index (κ1) is 12.4. The summed E-state index contributed by atoms with van der Waals surface area (Å²) in [5, 5.41) is 0.662. The van der Waals surface area contributed by atoms with Crippen LogP contribution in [0, 0.1) is 5.92 Å². The zero-order valence-corrected chi connectivity index (χ0v) is 10.5. The lowest BCUT2D eigenvalue weighted by Crippen LogP contribution is -2.31. The second-order valence-electron chi connectivity index (χ2n) is 4.50. The molecule has 1 aliphatic rings. The molecule has 0 aromatic heterocycles. The number of likely N-dealkylation sites (tertiary alicyclic amines) is 1. The van der Waals surface area contributed by atoms with Gasteiger partial charge in [0.05, 0.1) is 6.42 Å². The highest BCUT2D eigenvalue weighted by Gasteiger charge is 2.25. The third kappa shape index (κ3) is 2.99. The summed E-state index contributed by atoms with van der Waals surface area (Å²) >= 11 is 6.04. The minimum absolute atomic E-state index is 0.147. The Hall–Kier alpha value is -1.06. The predicted octanol–water partition coefficient (Wildman–Crippen LogP) is 1.69. The first-order chi connectivity index (χ1) is 8.20. The van der Waals surface area contributed by atoms with Crippen molar-refractivity contribution in [3.63, 3.8) is 0 Å². The molecule has 0 unspecified atom stereocenters. The second-order valence-corrected chi connectivity index (χ2v) is 4.91. The SMILES string of the molecule is NC[C@@H]1CCN(C(=O)Cc2ccccc2Cl)C1. The average Bonchev–Trinajstić information content (AvgIpc) is 2.81. The Balaban J connectivity index is 1.96. The van der Waals surface area contributed by atoms with E-state index in [0.29, 0.717) is 23.9 Å². The van der Waals surface area contributed by atoms with Gasteiger partial charge in [0.25, 0.3) is 0 Å². The number of nitrogens with zero attached hydrogens (tertiary/aromatic N) is 1. The molecule has 1 amide bonds. The molecule has 0 aliphatic carbocycles. The van der Waals surface area contributed by atoms with Crippen LogP contribution in [0.5, 0.6) is 0 Å². The number of halogens is 1. The van der Waals surface area contributed by atoms with Gasteiger partial charge in [-0.2, -0.15) is 0 Å². The molecule has 0 spiro atoms. The summed E-state index contributed by atoms with van der Waals surface area (Å²) < 4.78 is 0. The van der Waals surface area contributed by atoms with Crippen LogP contribution in [-0.4, -0.2) is 30.4 Å². The van der Waals surface area contributed by atoms with Gasteiger partial charge in [-0.1, -0.05) is 29.8 Å². The first-order valence-corrected chi connectivity index (χ1v) is 6.29. The maximum Gasteiger partial charge on any atom is 0.227 e. The van der Waals surface area contributed by atoms with Crippen molar-refractivity contribution in [3.05, 3.63) is 34.9 Å². The Morgan fingerprint density at radius 2 is 2.24 bits per heavy atom. The van der Waals surface area contributed by atoms with Crippen LogP contribution in [-0.2, 0) is 11.2 Å². The minimum Gasteiger partial charge on any atom is -0.342 e. The Labute approximate surface area is 107 Å². The number of benzene rings is 1. The molecule has 1 fully saturated rings. The molecule has 2 N–H and O–H groups in total. The molecule has 1 aromatic rings. The van der Waals surface area contributed by atoms with Crippen LogP contribution in [0.15, 0.2) is 24.3 Å². The van der Waals surface area contributed by atoms with Gasteiger partial charge >= 0.3 is 0 Å². The van der Waals surface area contributed by atoms with E-state index in [0.717, 1.165) is 25.1 Å². The van der Waals surface area contributed by atoms with Crippen LogP contribution >= 0.6 is 11.6 Å². The molecule has 1 heterocycles. The molecular weight excluding hydrogens is 236 g/mol. The first-order valence-electron chi connectivity index (χ1n) is 5.92. The van der Waals surface area contributed by atoms with Crippen molar-refractivity contribution in [2.24, 2.45) is 11.7 Å². The van der Waals surface area contributed by atoms with Gasteiger partial charge in [0, 0.05) is 18.1 Å². The van der Waals surface area contributed by atoms with Gasteiger partial charge in [-0.25, -0.2) is 0 Å². The Morgan fingerprint density at radius 1 is 1.47 bits per heavy atom. The summed E-state index contributed by atoms with van der Waals surface area (Å²) in [5.74, 6) is 0.610. The van der Waals surface area contributed by atoms with Crippen LogP contribution in [0.3, 0.4) is 0 Å². The lowest BCUT2D eigenvalue weighted by Gasteiger charge is -2.16. The smallest absolute Gasteiger partial charge is 0.227 e. The van der Waals surface area contributed by atoms with Gasteiger partial charge in [-0.05, 0) is 30.5 Å². The third-order valence-electron chi connectivity index (χ3n) is 3.27. The molecule has 92 valence electrons. The monoisotopic (exact) mass is 252 g/mol. The lowest BCUT2D eigenvalue weighted by molar-refractivity contribution is -0.129. The van der Waals surface area contributed by atoms with Crippen molar-refractivity contribution in [2.45, 2.75) is 12.8 Å². The van der Waals surface area contributed by atoms with Crippen LogP contribution in [0.4, 0.5) is 0 Å². The van der Waals surface area contributed by atoms with Crippen molar-refractivity contribution in [2.75, 3.05) is 19.6 Å². The topological polar surface area (TPSA) is 46.3 Å². The molecule has 0 radical (unpaired) electrons. The molecule has 17 heavy (non-hydrogen) atoms. The van der Waals surface area contributed by atoms with E-state index in [-0.39, 0.29) is 5.91 Å². The molecule has 1 aromatic carbocycles. The summed E-state index contributed by atoms with van der Waals surface area (Å²) in [6.07, 6.45) is 1.40. The van der Waals surface area contributed by atoms with Crippen LogP contribution < -0.4 is 5.73 Å². The van der Waals surface area contributed by atoms with Gasteiger partial charge < -0.3 is 10.6 Å². The van der Waals surface area contributed by atoms with Crippen molar-refractivity contribution in [3.8, 4) is 0 Å². The summed E-state index contributed by atoms with van der Waals surface area (Å²) in [7, 11) is 0.